The smallest absolute Gasteiger partial charge is 0.199 e. The van der Waals surface area contributed by atoms with E-state index in [0.29, 0.717) is 44.7 Å². The summed E-state index contributed by atoms with van der Waals surface area (Å²) in [5.41, 5.74) is 0. The third kappa shape index (κ3) is 31.7. The van der Waals surface area contributed by atoms with E-state index in [0.717, 1.165) is 31.2 Å². The zero-order valence-corrected chi connectivity index (χ0v) is 30.0. The first kappa shape index (κ1) is 39.9. The monoisotopic (exact) mass is 742 g/mol. The Balaban J connectivity index is 3.37. The Morgan fingerprint density at radius 3 is 1.46 bits per heavy atom. The summed E-state index contributed by atoms with van der Waals surface area (Å²) in [5, 5.41) is 23.4. The van der Waals surface area contributed by atoms with Gasteiger partial charge in [-0.15, -0.1) is 82.3 Å². The molecule has 37 heavy (non-hydrogen) atoms. The first-order valence-corrected chi connectivity index (χ1v) is 24.3. The fourth-order valence-electron chi connectivity index (χ4n) is 1.72. The molecule has 0 aromatic rings. The van der Waals surface area contributed by atoms with Crippen molar-refractivity contribution in [3.05, 3.63) is 0 Å². The minimum atomic E-state index is -0.830. The molecule has 0 heterocycles. The average molecular weight is 743 g/mol. The molecule has 0 radical (unpaired) electrons. The van der Waals surface area contributed by atoms with Crippen molar-refractivity contribution in [2.45, 2.75) is 0 Å². The first-order valence-electron chi connectivity index (χ1n) is 10.6. The molecule has 0 rings (SSSR count). The molecule has 0 aliphatic heterocycles. The van der Waals surface area contributed by atoms with Crippen molar-refractivity contribution in [3.63, 3.8) is 0 Å². The summed E-state index contributed by atoms with van der Waals surface area (Å²) in [6.45, 7) is 0.0587. The van der Waals surface area contributed by atoms with Gasteiger partial charge in [0.25, 0.3) is 0 Å². The molecular weight excluding hydrogens is 709 g/mol. The Morgan fingerprint density at radius 1 is 0.514 bits per heavy atom. The van der Waals surface area contributed by atoms with Gasteiger partial charge in [0.2, 0.25) is 0 Å². The lowest BCUT2D eigenvalue weighted by atomic mass is 10.9. The summed E-state index contributed by atoms with van der Waals surface area (Å²) < 4.78 is 12.1. The van der Waals surface area contributed by atoms with Gasteiger partial charge in [-0.25, -0.2) is 0 Å². The molecule has 0 fully saturated rings. The number of rotatable bonds is 27. The quantitative estimate of drug-likeness (QED) is 0.0863. The Hall–Kier alpha value is 2.93. The average Bonchev–Trinajstić information content (AvgIpc) is 2.89. The van der Waals surface area contributed by atoms with E-state index in [1.165, 1.54) is 35.3 Å². The molecule has 218 valence electrons. The maximum Gasteiger partial charge on any atom is 0.199 e. The van der Waals surface area contributed by atoms with E-state index in [-0.39, 0.29) is 28.6 Å². The van der Waals surface area contributed by atoms with Crippen LogP contribution in [0.1, 0.15) is 0 Å². The summed E-state index contributed by atoms with van der Waals surface area (Å²) in [6.07, 6.45) is 0. The van der Waals surface area contributed by atoms with Crippen molar-refractivity contribution in [2.75, 3.05) is 89.1 Å². The van der Waals surface area contributed by atoms with Gasteiger partial charge >= 0.3 is 0 Å². The minimum Gasteiger partial charge on any atom is -0.396 e. The topological polar surface area (TPSA) is 109 Å². The molecule has 0 spiro atoms. The van der Waals surface area contributed by atoms with Crippen molar-refractivity contribution in [1.82, 2.24) is 0 Å². The van der Waals surface area contributed by atoms with Gasteiger partial charge in [0, 0.05) is 64.3 Å². The number of aliphatic hydroxyl groups excluding tert-OH is 2. The molecule has 1 atom stereocenters. The highest BCUT2D eigenvalue weighted by Crippen LogP contribution is 2.23. The van der Waals surface area contributed by atoms with Crippen molar-refractivity contribution in [2.24, 2.45) is 0 Å². The Kier molecular flexibility index (Phi) is 34.4. The standard InChI is InChI=1S/C19H34O6S12/c20-1-3-34-17(22)7-27-11-30-10-26-5-6-37(25)16-33-14-32-15-36-19(24)9-29-13-31-12-28-8-18(23)35-4-2-21/h20-21H,1-16H2. The molecule has 0 amide bonds. The normalized spacial score (nSPS) is 12.1. The van der Waals surface area contributed by atoms with E-state index >= 15 is 0 Å². The van der Waals surface area contributed by atoms with Crippen LogP contribution in [0.5, 0.6) is 0 Å². The highest BCUT2D eigenvalue weighted by atomic mass is 32.3. The van der Waals surface area contributed by atoms with E-state index in [9.17, 15) is 18.6 Å². The second-order valence-corrected chi connectivity index (χ2v) is 21.6. The largest absolute Gasteiger partial charge is 0.396 e. The number of hydrogen-bond acceptors (Lipinski definition) is 17. The summed E-state index contributed by atoms with van der Waals surface area (Å²) in [4.78, 5) is 34.8. The molecule has 0 aromatic carbocycles. The van der Waals surface area contributed by atoms with Crippen LogP contribution in [0.25, 0.3) is 0 Å². The van der Waals surface area contributed by atoms with E-state index in [1.54, 1.807) is 94.1 Å². The third-order valence-electron chi connectivity index (χ3n) is 3.18. The molecule has 0 bridgehead atoms. The molecule has 0 aliphatic rings. The Bertz CT molecular complexity index is 616. The van der Waals surface area contributed by atoms with Crippen LogP contribution >= 0.6 is 129 Å². The van der Waals surface area contributed by atoms with Crippen LogP contribution in [0.15, 0.2) is 0 Å². The van der Waals surface area contributed by atoms with Crippen LogP contribution < -0.4 is 0 Å². The molecule has 18 heteroatoms. The van der Waals surface area contributed by atoms with Gasteiger partial charge in [-0.3, -0.25) is 18.6 Å². The molecule has 0 aliphatic carbocycles. The lowest BCUT2D eigenvalue weighted by Gasteiger charge is -2.04. The maximum atomic E-state index is 12.1. The van der Waals surface area contributed by atoms with E-state index in [4.69, 9.17) is 10.2 Å². The maximum absolute atomic E-state index is 12.1. The summed E-state index contributed by atoms with van der Waals surface area (Å²) in [6, 6.07) is 0. The van der Waals surface area contributed by atoms with Crippen molar-refractivity contribution in [1.29, 1.82) is 0 Å². The molecule has 1 unspecified atom stereocenters. The van der Waals surface area contributed by atoms with Crippen LogP contribution in [0.4, 0.5) is 0 Å². The Labute approximate surface area is 270 Å². The van der Waals surface area contributed by atoms with E-state index in [1.807, 2.05) is 0 Å². The van der Waals surface area contributed by atoms with E-state index in [2.05, 4.69) is 0 Å². The van der Waals surface area contributed by atoms with Gasteiger partial charge in [0.15, 0.2) is 15.3 Å². The second kappa shape index (κ2) is 31.9. The minimum absolute atomic E-state index is 0.0252. The zero-order chi connectivity index (χ0) is 27.4. The highest BCUT2D eigenvalue weighted by molar-refractivity contribution is 8.29. The summed E-state index contributed by atoms with van der Waals surface area (Å²) in [7, 11) is -0.830. The number of aliphatic hydroxyl groups is 2. The van der Waals surface area contributed by atoms with Gasteiger partial charge < -0.3 is 10.2 Å². The third-order valence-corrected chi connectivity index (χ3v) is 18.2. The van der Waals surface area contributed by atoms with Gasteiger partial charge in [-0.05, 0) is 0 Å². The van der Waals surface area contributed by atoms with Crippen LogP contribution in [-0.2, 0) is 25.2 Å². The molecule has 0 aromatic heterocycles. The number of carbonyl (C=O) groups excluding carboxylic acids is 3. The molecule has 6 nitrogen and oxygen atoms in total. The number of hydrogen-bond donors (Lipinski definition) is 2. The lowest BCUT2D eigenvalue weighted by molar-refractivity contribution is -0.109. The molecule has 0 saturated heterocycles. The Morgan fingerprint density at radius 2 is 0.946 bits per heavy atom. The van der Waals surface area contributed by atoms with Crippen LogP contribution in [-0.4, -0.2) is 119 Å². The van der Waals surface area contributed by atoms with Crippen molar-refractivity contribution >= 4 is 156 Å². The van der Waals surface area contributed by atoms with Crippen molar-refractivity contribution in [3.8, 4) is 0 Å². The van der Waals surface area contributed by atoms with Gasteiger partial charge in [0.1, 0.15) is 0 Å². The zero-order valence-electron chi connectivity index (χ0n) is 20.2. The first-order chi connectivity index (χ1) is 18.0. The highest BCUT2D eigenvalue weighted by Gasteiger charge is 2.06. The van der Waals surface area contributed by atoms with Crippen LogP contribution in [0, 0.1) is 0 Å². The van der Waals surface area contributed by atoms with Crippen LogP contribution in [0.2, 0.25) is 0 Å². The van der Waals surface area contributed by atoms with Gasteiger partial charge in [0.05, 0.1) is 35.6 Å². The summed E-state index contributed by atoms with van der Waals surface area (Å²) >= 11 is 17.0. The SMILES string of the molecule is O=C(CSCSCSCCS(=O)CSCSCSC(=O)CSCSCSCC(=O)SCCO)SCCO. The fourth-order valence-corrected chi connectivity index (χ4v) is 15.3. The van der Waals surface area contributed by atoms with Crippen molar-refractivity contribution < 1.29 is 28.8 Å². The predicted molar refractivity (Wildman–Crippen MR) is 189 cm³/mol. The number of thioether (sulfide) groups is 11. The molecule has 0 saturated carbocycles. The van der Waals surface area contributed by atoms with Gasteiger partial charge in [-0.2, -0.15) is 11.8 Å². The van der Waals surface area contributed by atoms with E-state index < -0.39 is 10.8 Å². The molecule has 2 N–H and O–H groups in total. The lowest BCUT2D eigenvalue weighted by Crippen LogP contribution is -2.03. The van der Waals surface area contributed by atoms with Gasteiger partial charge in [-0.1, -0.05) is 35.3 Å². The van der Waals surface area contributed by atoms with Crippen LogP contribution in [0.3, 0.4) is 0 Å². The fraction of sp³-hybridized carbons (Fsp3) is 0.842. The predicted octanol–water partition coefficient (Wildman–Crippen LogP) is 5.07. The molecular formula is C19H34O6S12. The summed E-state index contributed by atoms with van der Waals surface area (Å²) in [5.74, 6) is 3.89. The second-order valence-electron chi connectivity index (χ2n) is 6.14. The number of carbonyl (C=O) groups is 3.